The lowest BCUT2D eigenvalue weighted by molar-refractivity contribution is -0.138. The van der Waals surface area contributed by atoms with Gasteiger partial charge in [0.2, 0.25) is 5.91 Å². The van der Waals surface area contributed by atoms with Crippen molar-refractivity contribution in [1.82, 2.24) is 9.80 Å². The summed E-state index contributed by atoms with van der Waals surface area (Å²) in [4.78, 5) is 30.5. The number of anilines is 1. The molecule has 0 radical (unpaired) electrons. The van der Waals surface area contributed by atoms with Gasteiger partial charge in [0, 0.05) is 44.8 Å². The Labute approximate surface area is 167 Å². The van der Waals surface area contributed by atoms with Crippen LogP contribution in [-0.2, 0) is 4.79 Å². The van der Waals surface area contributed by atoms with Crippen LogP contribution in [0.3, 0.4) is 0 Å². The van der Waals surface area contributed by atoms with Crippen molar-refractivity contribution in [2.24, 2.45) is 0 Å². The third kappa shape index (κ3) is 4.54. The number of hydrogen-bond acceptors (Lipinski definition) is 4. The lowest BCUT2D eigenvalue weighted by Crippen LogP contribution is -2.55. The molecule has 1 aromatic carbocycles. The van der Waals surface area contributed by atoms with E-state index in [9.17, 15) is 14.0 Å². The van der Waals surface area contributed by atoms with Crippen molar-refractivity contribution in [1.29, 1.82) is 0 Å². The van der Waals surface area contributed by atoms with Crippen LogP contribution in [0.15, 0.2) is 18.2 Å². The molecule has 0 spiro atoms. The Morgan fingerprint density at radius 2 is 1.75 bits per heavy atom. The third-order valence-electron chi connectivity index (χ3n) is 6.38. The van der Waals surface area contributed by atoms with Crippen molar-refractivity contribution in [3.63, 3.8) is 0 Å². The molecule has 2 aliphatic rings. The molecule has 1 saturated carbocycles. The Morgan fingerprint density at radius 3 is 2.32 bits per heavy atom. The highest BCUT2D eigenvalue weighted by Crippen LogP contribution is 2.25. The minimum atomic E-state index is -0.359. The summed E-state index contributed by atoms with van der Waals surface area (Å²) in [6.45, 7) is 6.20. The molecule has 2 fully saturated rings. The number of halogens is 1. The SMILES string of the molecule is CC(=O)c1ccc(N2CCN(C(C)C(=O)N(C)C3CCCCC3)CC2)c(F)c1. The summed E-state index contributed by atoms with van der Waals surface area (Å²) in [6.07, 6.45) is 5.92. The van der Waals surface area contributed by atoms with Crippen molar-refractivity contribution in [3.8, 4) is 0 Å². The average Bonchev–Trinajstić information content (AvgIpc) is 2.72. The number of carbonyl (C=O) groups is 2. The predicted octanol–water partition coefficient (Wildman–Crippen LogP) is 3.33. The van der Waals surface area contributed by atoms with Crippen LogP contribution in [0.25, 0.3) is 0 Å². The number of amides is 1. The van der Waals surface area contributed by atoms with Gasteiger partial charge >= 0.3 is 0 Å². The van der Waals surface area contributed by atoms with Crippen molar-refractivity contribution in [3.05, 3.63) is 29.6 Å². The molecule has 1 atom stereocenters. The minimum Gasteiger partial charge on any atom is -0.367 e. The summed E-state index contributed by atoms with van der Waals surface area (Å²) < 4.78 is 14.4. The maximum absolute atomic E-state index is 14.4. The molecule has 1 amide bonds. The van der Waals surface area contributed by atoms with E-state index < -0.39 is 0 Å². The summed E-state index contributed by atoms with van der Waals surface area (Å²) >= 11 is 0. The quantitative estimate of drug-likeness (QED) is 0.725. The number of Topliss-reactive ketones (excluding diaryl/α,β-unsaturated/α-hetero) is 1. The van der Waals surface area contributed by atoms with E-state index in [1.54, 1.807) is 12.1 Å². The molecule has 1 heterocycles. The van der Waals surface area contributed by atoms with Gasteiger partial charge in [-0.05, 0) is 44.9 Å². The third-order valence-corrected chi connectivity index (χ3v) is 6.38. The van der Waals surface area contributed by atoms with Gasteiger partial charge in [-0.2, -0.15) is 0 Å². The van der Waals surface area contributed by atoms with E-state index in [0.717, 1.165) is 25.9 Å². The molecule has 0 aromatic heterocycles. The highest BCUT2D eigenvalue weighted by Gasteiger charge is 2.31. The Morgan fingerprint density at radius 1 is 1.11 bits per heavy atom. The smallest absolute Gasteiger partial charge is 0.239 e. The first-order valence-corrected chi connectivity index (χ1v) is 10.4. The average molecular weight is 390 g/mol. The second-order valence-corrected chi connectivity index (χ2v) is 8.16. The highest BCUT2D eigenvalue weighted by molar-refractivity contribution is 5.94. The van der Waals surface area contributed by atoms with Gasteiger partial charge < -0.3 is 9.80 Å². The van der Waals surface area contributed by atoms with Crippen LogP contribution in [0.4, 0.5) is 10.1 Å². The lowest BCUT2D eigenvalue weighted by atomic mass is 9.94. The van der Waals surface area contributed by atoms with E-state index in [1.807, 2.05) is 23.8 Å². The molecule has 28 heavy (non-hydrogen) atoms. The van der Waals surface area contributed by atoms with Gasteiger partial charge in [-0.15, -0.1) is 0 Å². The van der Waals surface area contributed by atoms with Gasteiger partial charge in [0.25, 0.3) is 0 Å². The molecule has 1 aromatic rings. The minimum absolute atomic E-state index is 0.135. The van der Waals surface area contributed by atoms with Crippen molar-refractivity contribution >= 4 is 17.4 Å². The number of rotatable bonds is 5. The number of ketones is 1. The Balaban J connectivity index is 1.57. The summed E-state index contributed by atoms with van der Waals surface area (Å²) in [5.41, 5.74) is 0.924. The van der Waals surface area contributed by atoms with Crippen molar-refractivity contribution < 1.29 is 14.0 Å². The second-order valence-electron chi connectivity index (χ2n) is 8.16. The molecule has 1 unspecified atom stereocenters. The number of likely N-dealkylation sites (N-methyl/N-ethyl adjacent to an activating group) is 1. The fraction of sp³-hybridized carbons (Fsp3) is 0.636. The maximum atomic E-state index is 14.4. The largest absolute Gasteiger partial charge is 0.367 e. The molecule has 5 nitrogen and oxygen atoms in total. The number of hydrogen-bond donors (Lipinski definition) is 0. The molecule has 0 bridgehead atoms. The predicted molar refractivity (Wildman–Crippen MR) is 109 cm³/mol. The van der Waals surface area contributed by atoms with Gasteiger partial charge in [0.1, 0.15) is 5.82 Å². The van der Waals surface area contributed by atoms with E-state index in [0.29, 0.717) is 30.4 Å². The summed E-state index contributed by atoms with van der Waals surface area (Å²) in [7, 11) is 1.94. The van der Waals surface area contributed by atoms with Crippen LogP contribution in [0.2, 0.25) is 0 Å². The summed E-state index contributed by atoms with van der Waals surface area (Å²) in [5, 5.41) is 0. The van der Waals surface area contributed by atoms with E-state index in [4.69, 9.17) is 0 Å². The molecule has 3 rings (SSSR count). The lowest BCUT2D eigenvalue weighted by Gasteiger charge is -2.41. The monoisotopic (exact) mass is 389 g/mol. The number of carbonyl (C=O) groups excluding carboxylic acids is 2. The standard InChI is InChI=1S/C22H32FN3O2/c1-16(22(28)24(3)19-7-5-4-6-8-19)25-11-13-26(14-12-25)21-10-9-18(17(2)27)15-20(21)23/h9-10,15-16,19H,4-8,11-14H2,1-3H3. The number of piperazine rings is 1. The zero-order valence-corrected chi connectivity index (χ0v) is 17.3. The fourth-order valence-corrected chi connectivity index (χ4v) is 4.43. The summed E-state index contributed by atoms with van der Waals surface area (Å²) in [6, 6.07) is 4.90. The molecule has 6 heteroatoms. The van der Waals surface area contributed by atoms with Crippen LogP contribution >= 0.6 is 0 Å². The molecule has 154 valence electrons. The van der Waals surface area contributed by atoms with Crippen molar-refractivity contribution in [2.75, 3.05) is 38.1 Å². The Kier molecular flexibility index (Phi) is 6.70. The topological polar surface area (TPSA) is 43.9 Å². The first kappa shape index (κ1) is 20.8. The van der Waals surface area contributed by atoms with Crippen LogP contribution in [0.5, 0.6) is 0 Å². The molecule has 1 aliphatic carbocycles. The van der Waals surface area contributed by atoms with Gasteiger partial charge in [0.15, 0.2) is 5.78 Å². The second kappa shape index (κ2) is 9.03. The van der Waals surface area contributed by atoms with Crippen LogP contribution in [0.1, 0.15) is 56.3 Å². The highest BCUT2D eigenvalue weighted by atomic mass is 19.1. The van der Waals surface area contributed by atoms with E-state index in [-0.39, 0.29) is 23.5 Å². The zero-order valence-electron chi connectivity index (χ0n) is 17.3. The van der Waals surface area contributed by atoms with Crippen molar-refractivity contribution in [2.45, 2.75) is 58.0 Å². The van der Waals surface area contributed by atoms with E-state index in [2.05, 4.69) is 4.90 Å². The normalized spacial score (nSPS) is 20.1. The molecular weight excluding hydrogens is 357 g/mol. The molecule has 1 saturated heterocycles. The van der Waals surface area contributed by atoms with Crippen LogP contribution < -0.4 is 4.90 Å². The van der Waals surface area contributed by atoms with Gasteiger partial charge in [-0.3, -0.25) is 14.5 Å². The molecular formula is C22H32FN3O2. The Hall–Kier alpha value is -1.95. The first-order chi connectivity index (χ1) is 13.4. The van der Waals surface area contributed by atoms with E-state index >= 15 is 0 Å². The van der Waals surface area contributed by atoms with Gasteiger partial charge in [-0.25, -0.2) is 4.39 Å². The van der Waals surface area contributed by atoms with E-state index in [1.165, 1.54) is 32.3 Å². The van der Waals surface area contributed by atoms with Crippen LogP contribution in [-0.4, -0.2) is 66.8 Å². The first-order valence-electron chi connectivity index (χ1n) is 10.4. The Bertz CT molecular complexity index is 710. The van der Waals surface area contributed by atoms with Crippen LogP contribution in [0, 0.1) is 5.82 Å². The zero-order chi connectivity index (χ0) is 20.3. The number of nitrogens with zero attached hydrogens (tertiary/aromatic N) is 3. The maximum Gasteiger partial charge on any atom is 0.239 e. The molecule has 1 aliphatic heterocycles. The summed E-state index contributed by atoms with van der Waals surface area (Å²) in [5.74, 6) is -0.302. The van der Waals surface area contributed by atoms with Gasteiger partial charge in [-0.1, -0.05) is 19.3 Å². The molecule has 0 N–H and O–H groups in total. The fourth-order valence-electron chi connectivity index (χ4n) is 4.43. The van der Waals surface area contributed by atoms with Gasteiger partial charge in [0.05, 0.1) is 11.7 Å². The number of benzene rings is 1.